The van der Waals surface area contributed by atoms with Gasteiger partial charge in [-0.25, -0.2) is 4.79 Å². The van der Waals surface area contributed by atoms with Crippen LogP contribution in [-0.4, -0.2) is 30.1 Å². The lowest BCUT2D eigenvalue weighted by atomic mass is 10.1. The van der Waals surface area contributed by atoms with Crippen LogP contribution in [0.2, 0.25) is 0 Å². The summed E-state index contributed by atoms with van der Waals surface area (Å²) in [5.41, 5.74) is 0.613. The summed E-state index contributed by atoms with van der Waals surface area (Å²) in [4.78, 5) is 26.3. The Balaban J connectivity index is 1.73. The van der Waals surface area contributed by atoms with Crippen molar-refractivity contribution in [2.75, 3.05) is 18.1 Å². The number of nitriles is 1. The van der Waals surface area contributed by atoms with Crippen molar-refractivity contribution in [3.05, 3.63) is 72.3 Å². The van der Waals surface area contributed by atoms with E-state index < -0.39 is 18.5 Å². The fourth-order valence-corrected chi connectivity index (χ4v) is 2.87. The van der Waals surface area contributed by atoms with Gasteiger partial charge in [-0.3, -0.25) is 4.79 Å². The van der Waals surface area contributed by atoms with Crippen LogP contribution in [0.1, 0.15) is 16.8 Å². The molecule has 3 aromatic carbocycles. The van der Waals surface area contributed by atoms with Crippen molar-refractivity contribution in [1.29, 1.82) is 5.26 Å². The van der Waals surface area contributed by atoms with Gasteiger partial charge in [0.15, 0.2) is 6.61 Å². The molecule has 0 aliphatic carbocycles. The highest BCUT2D eigenvalue weighted by atomic mass is 16.5. The minimum Gasteiger partial charge on any atom is -0.506 e. The molecule has 3 rings (SSSR count). The molecule has 0 aliphatic rings. The van der Waals surface area contributed by atoms with Gasteiger partial charge in [-0.05, 0) is 23.6 Å². The quantitative estimate of drug-likeness (QED) is 0.665. The highest BCUT2D eigenvalue weighted by molar-refractivity contribution is 6.02. The van der Waals surface area contributed by atoms with Gasteiger partial charge < -0.3 is 14.7 Å². The summed E-state index contributed by atoms with van der Waals surface area (Å²) < 4.78 is 5.13. The summed E-state index contributed by atoms with van der Waals surface area (Å²) in [6, 6.07) is 21.1. The maximum Gasteiger partial charge on any atom is 0.342 e. The minimum absolute atomic E-state index is 0.00483. The molecule has 28 heavy (non-hydrogen) atoms. The summed E-state index contributed by atoms with van der Waals surface area (Å²) in [6.07, 6.45) is 0.153. The minimum atomic E-state index is -0.787. The Hall–Kier alpha value is -3.85. The normalized spacial score (nSPS) is 10.2. The van der Waals surface area contributed by atoms with Crippen molar-refractivity contribution in [2.24, 2.45) is 0 Å². The number of hydrogen-bond acceptors (Lipinski definition) is 5. The number of amides is 1. The number of aromatic hydroxyl groups is 1. The largest absolute Gasteiger partial charge is 0.506 e. The van der Waals surface area contributed by atoms with E-state index in [9.17, 15) is 14.7 Å². The molecule has 0 unspecified atom stereocenters. The molecule has 3 aromatic rings. The first-order valence-electron chi connectivity index (χ1n) is 8.72. The van der Waals surface area contributed by atoms with Gasteiger partial charge in [-0.15, -0.1) is 0 Å². The molecule has 0 fully saturated rings. The number of phenolic OH excluding ortho intramolecular Hbond substituents is 1. The van der Waals surface area contributed by atoms with Gasteiger partial charge in [0, 0.05) is 17.6 Å². The summed E-state index contributed by atoms with van der Waals surface area (Å²) in [7, 11) is 0. The fraction of sp³-hybridized carbons (Fsp3) is 0.136. The summed E-state index contributed by atoms with van der Waals surface area (Å²) in [6.45, 7) is -0.302. The number of para-hydroxylation sites is 1. The first-order valence-corrected chi connectivity index (χ1v) is 8.72. The fourth-order valence-electron chi connectivity index (χ4n) is 2.87. The standard InChI is InChI=1S/C22H18N2O4/c23-13-6-14-24(17-8-2-1-3-9-17)20(25)15-28-22(27)19-12-11-16-7-4-5-10-18(16)21(19)26/h1-5,7-12,26H,6,14-15H2. The second-order valence-corrected chi connectivity index (χ2v) is 6.05. The Bertz CT molecular complexity index is 1040. The topological polar surface area (TPSA) is 90.6 Å². The zero-order valence-corrected chi connectivity index (χ0v) is 15.0. The van der Waals surface area contributed by atoms with Crippen molar-refractivity contribution < 1.29 is 19.4 Å². The third-order valence-electron chi connectivity index (χ3n) is 4.26. The van der Waals surface area contributed by atoms with Crippen LogP contribution in [0.5, 0.6) is 5.75 Å². The summed E-state index contributed by atoms with van der Waals surface area (Å²) in [5, 5.41) is 20.5. The highest BCUT2D eigenvalue weighted by Gasteiger charge is 2.20. The molecule has 0 saturated carbocycles. The van der Waals surface area contributed by atoms with Crippen molar-refractivity contribution in [3.8, 4) is 11.8 Å². The molecule has 1 N–H and O–H groups in total. The van der Waals surface area contributed by atoms with Crippen LogP contribution in [0.3, 0.4) is 0 Å². The van der Waals surface area contributed by atoms with Gasteiger partial charge in [0.2, 0.25) is 0 Å². The third kappa shape index (κ3) is 4.10. The van der Waals surface area contributed by atoms with E-state index in [2.05, 4.69) is 0 Å². The van der Waals surface area contributed by atoms with Crippen LogP contribution in [0.25, 0.3) is 10.8 Å². The number of anilines is 1. The van der Waals surface area contributed by atoms with Gasteiger partial charge in [0.05, 0.1) is 12.5 Å². The Morgan fingerprint density at radius 2 is 1.71 bits per heavy atom. The number of phenols is 1. The van der Waals surface area contributed by atoms with Gasteiger partial charge >= 0.3 is 5.97 Å². The number of fused-ring (bicyclic) bond motifs is 1. The summed E-state index contributed by atoms with van der Waals surface area (Å²) >= 11 is 0. The zero-order chi connectivity index (χ0) is 19.9. The van der Waals surface area contributed by atoms with E-state index in [-0.39, 0.29) is 24.3 Å². The van der Waals surface area contributed by atoms with Crippen LogP contribution >= 0.6 is 0 Å². The molecule has 6 nitrogen and oxygen atoms in total. The van der Waals surface area contributed by atoms with E-state index in [0.717, 1.165) is 5.39 Å². The van der Waals surface area contributed by atoms with Crippen molar-refractivity contribution in [1.82, 2.24) is 0 Å². The van der Waals surface area contributed by atoms with Crippen molar-refractivity contribution in [3.63, 3.8) is 0 Å². The van der Waals surface area contributed by atoms with E-state index in [1.54, 1.807) is 42.5 Å². The van der Waals surface area contributed by atoms with Crippen LogP contribution in [0.15, 0.2) is 66.7 Å². The number of ether oxygens (including phenoxy) is 1. The molecule has 1 amide bonds. The molecule has 0 spiro atoms. The molecule has 6 heteroatoms. The number of carbonyl (C=O) groups excluding carboxylic acids is 2. The number of benzene rings is 3. The van der Waals surface area contributed by atoms with Crippen LogP contribution in [-0.2, 0) is 9.53 Å². The summed E-state index contributed by atoms with van der Waals surface area (Å²) in [5.74, 6) is -1.42. The van der Waals surface area contributed by atoms with Crippen LogP contribution < -0.4 is 4.90 Å². The molecule has 0 aromatic heterocycles. The Labute approximate surface area is 162 Å². The predicted octanol–water partition coefficient (Wildman–Crippen LogP) is 3.65. The molecule has 0 atom stereocenters. The number of hydrogen-bond donors (Lipinski definition) is 1. The number of rotatable bonds is 6. The lowest BCUT2D eigenvalue weighted by Gasteiger charge is -2.21. The molecular weight excluding hydrogens is 356 g/mol. The zero-order valence-electron chi connectivity index (χ0n) is 15.0. The lowest BCUT2D eigenvalue weighted by Crippen LogP contribution is -2.35. The number of esters is 1. The van der Waals surface area contributed by atoms with Gasteiger partial charge in [0.1, 0.15) is 11.3 Å². The van der Waals surface area contributed by atoms with E-state index in [1.165, 1.54) is 11.0 Å². The van der Waals surface area contributed by atoms with Crippen molar-refractivity contribution >= 4 is 28.3 Å². The second kappa shape index (κ2) is 8.69. The van der Waals surface area contributed by atoms with Gasteiger partial charge in [-0.2, -0.15) is 5.26 Å². The monoisotopic (exact) mass is 374 g/mol. The van der Waals surface area contributed by atoms with E-state index in [1.807, 2.05) is 24.3 Å². The molecule has 0 radical (unpaired) electrons. The van der Waals surface area contributed by atoms with E-state index in [4.69, 9.17) is 10.00 Å². The predicted molar refractivity (Wildman–Crippen MR) is 105 cm³/mol. The highest BCUT2D eigenvalue weighted by Crippen LogP contribution is 2.29. The average molecular weight is 374 g/mol. The smallest absolute Gasteiger partial charge is 0.342 e. The number of nitrogens with zero attached hydrogens (tertiary/aromatic N) is 2. The molecular formula is C22H18N2O4. The molecule has 0 aliphatic heterocycles. The Morgan fingerprint density at radius 3 is 2.46 bits per heavy atom. The van der Waals surface area contributed by atoms with Gasteiger partial charge in [0.25, 0.3) is 5.91 Å². The Kier molecular flexibility index (Phi) is 5.87. The average Bonchev–Trinajstić information content (AvgIpc) is 2.73. The molecule has 0 saturated heterocycles. The van der Waals surface area contributed by atoms with E-state index in [0.29, 0.717) is 11.1 Å². The lowest BCUT2D eigenvalue weighted by molar-refractivity contribution is -0.121. The number of carbonyl (C=O) groups is 2. The van der Waals surface area contributed by atoms with Crippen LogP contribution in [0.4, 0.5) is 5.69 Å². The Morgan fingerprint density at radius 1 is 1.00 bits per heavy atom. The van der Waals surface area contributed by atoms with Crippen molar-refractivity contribution in [2.45, 2.75) is 6.42 Å². The first kappa shape index (κ1) is 18.9. The first-order chi connectivity index (χ1) is 13.6. The third-order valence-corrected chi connectivity index (χ3v) is 4.26. The molecule has 0 bridgehead atoms. The second-order valence-electron chi connectivity index (χ2n) is 6.05. The van der Waals surface area contributed by atoms with E-state index >= 15 is 0 Å². The maximum atomic E-state index is 12.6. The van der Waals surface area contributed by atoms with Gasteiger partial charge in [-0.1, -0.05) is 48.5 Å². The SMILES string of the molecule is N#CCCN(C(=O)COC(=O)c1ccc2ccccc2c1O)c1ccccc1. The maximum absolute atomic E-state index is 12.6. The molecule has 0 heterocycles. The molecule has 140 valence electrons. The van der Waals surface area contributed by atoms with Crippen LogP contribution in [0, 0.1) is 11.3 Å².